The summed E-state index contributed by atoms with van der Waals surface area (Å²) in [5, 5.41) is 2.97. The first-order chi connectivity index (χ1) is 19.1. The van der Waals surface area contributed by atoms with Gasteiger partial charge in [0.05, 0.1) is 24.1 Å². The van der Waals surface area contributed by atoms with Crippen LogP contribution in [0.5, 0.6) is 5.75 Å². The predicted octanol–water partition coefficient (Wildman–Crippen LogP) is 5.25. The smallest absolute Gasteiger partial charge is 0.255 e. The molecule has 1 aromatic heterocycles. The number of fused-ring (bicyclic) bond motifs is 3. The highest BCUT2D eigenvalue weighted by molar-refractivity contribution is 6.07. The van der Waals surface area contributed by atoms with Crippen molar-refractivity contribution < 1.29 is 19.1 Å². The summed E-state index contributed by atoms with van der Waals surface area (Å²) in [6.45, 7) is 0. The Hall–Kier alpha value is -5.04. The van der Waals surface area contributed by atoms with E-state index in [1.807, 2.05) is 42.5 Å². The number of hydrogen-bond donors (Lipinski definition) is 1. The highest BCUT2D eigenvalue weighted by Crippen LogP contribution is 2.43. The minimum Gasteiger partial charge on any atom is -0.497 e. The number of amides is 1. The lowest BCUT2D eigenvalue weighted by Crippen LogP contribution is -2.53. The first-order valence-corrected chi connectivity index (χ1v) is 12.7. The van der Waals surface area contributed by atoms with E-state index in [0.29, 0.717) is 33.7 Å². The zero-order chi connectivity index (χ0) is 26.9. The molecule has 7 nitrogen and oxygen atoms in total. The van der Waals surface area contributed by atoms with Gasteiger partial charge in [-0.05, 0) is 42.0 Å². The van der Waals surface area contributed by atoms with Gasteiger partial charge in [0, 0.05) is 17.0 Å². The van der Waals surface area contributed by atoms with Gasteiger partial charge in [0.25, 0.3) is 11.8 Å². The molecule has 0 saturated carbocycles. The first kappa shape index (κ1) is 24.3. The normalized spacial score (nSPS) is 18.4. The van der Waals surface area contributed by atoms with Crippen molar-refractivity contribution in [2.24, 2.45) is 0 Å². The van der Waals surface area contributed by atoms with Crippen molar-refractivity contribution in [1.29, 1.82) is 0 Å². The van der Waals surface area contributed by atoms with Crippen LogP contribution in [0.2, 0.25) is 0 Å². The van der Waals surface area contributed by atoms with E-state index >= 15 is 0 Å². The van der Waals surface area contributed by atoms with Gasteiger partial charge in [0.2, 0.25) is 0 Å². The number of rotatable bonds is 6. The monoisotopic (exact) mass is 515 g/mol. The van der Waals surface area contributed by atoms with Crippen molar-refractivity contribution >= 4 is 28.6 Å². The van der Waals surface area contributed by atoms with E-state index in [4.69, 9.17) is 9.72 Å². The molecule has 0 bridgehead atoms. The number of methoxy groups -OCH3 is 1. The predicted molar refractivity (Wildman–Crippen MR) is 147 cm³/mol. The number of imidazole rings is 1. The number of benzene rings is 4. The van der Waals surface area contributed by atoms with Crippen LogP contribution in [0, 0.1) is 0 Å². The van der Waals surface area contributed by atoms with Gasteiger partial charge in [-0.2, -0.15) is 0 Å². The Morgan fingerprint density at radius 2 is 1.41 bits per heavy atom. The van der Waals surface area contributed by atoms with Gasteiger partial charge in [-0.3, -0.25) is 19.0 Å². The molecule has 0 fully saturated rings. The SMILES string of the molecule is COc1ccc(C2C(NC(=O)c3ccccc3)C(=O)n3c(nc4ccccc43)C2C(=O)c2ccccc2)cc1. The standard InChI is InChI=1S/C32H25N3O4/c1-39-23-18-16-20(17-19-23)26-27(29(36)21-10-4-2-5-11-21)30-33-24-14-8-9-15-25(24)35(30)32(38)28(26)34-31(37)22-12-6-3-7-13-22/h2-19,26-28H,1H3,(H,34,37). The molecule has 1 aliphatic rings. The lowest BCUT2D eigenvalue weighted by molar-refractivity contribution is 0.0727. The summed E-state index contributed by atoms with van der Waals surface area (Å²) in [5.74, 6) is -1.48. The summed E-state index contributed by atoms with van der Waals surface area (Å²) in [5.41, 5.74) is 2.84. The number of carbonyl (C=O) groups excluding carboxylic acids is 3. The summed E-state index contributed by atoms with van der Waals surface area (Å²) in [6, 6.07) is 31.2. The van der Waals surface area contributed by atoms with Crippen molar-refractivity contribution in [3.8, 4) is 5.75 Å². The second kappa shape index (κ2) is 10.0. The lowest BCUT2D eigenvalue weighted by Gasteiger charge is -2.37. The van der Waals surface area contributed by atoms with Crippen molar-refractivity contribution in [2.75, 3.05) is 7.11 Å². The fourth-order valence-electron chi connectivity index (χ4n) is 5.37. The fraction of sp³-hybridized carbons (Fsp3) is 0.125. The maximum atomic E-state index is 14.3. The van der Waals surface area contributed by atoms with Crippen molar-refractivity contribution in [3.05, 3.63) is 132 Å². The van der Waals surface area contributed by atoms with Crippen LogP contribution in [0.4, 0.5) is 0 Å². The van der Waals surface area contributed by atoms with Gasteiger partial charge in [-0.15, -0.1) is 0 Å². The molecule has 192 valence electrons. The summed E-state index contributed by atoms with van der Waals surface area (Å²) in [6.07, 6.45) is 0. The minimum absolute atomic E-state index is 0.181. The topological polar surface area (TPSA) is 90.3 Å². The molecule has 6 rings (SSSR count). The molecule has 7 heteroatoms. The summed E-state index contributed by atoms with van der Waals surface area (Å²) in [4.78, 5) is 46.7. The minimum atomic E-state index is -1.03. The summed E-state index contributed by atoms with van der Waals surface area (Å²) < 4.78 is 6.84. The Kier molecular flexibility index (Phi) is 6.25. The van der Waals surface area contributed by atoms with E-state index < -0.39 is 23.8 Å². The van der Waals surface area contributed by atoms with Crippen LogP contribution >= 0.6 is 0 Å². The largest absolute Gasteiger partial charge is 0.497 e. The Morgan fingerprint density at radius 3 is 2.08 bits per heavy atom. The highest BCUT2D eigenvalue weighted by atomic mass is 16.5. The van der Waals surface area contributed by atoms with Crippen LogP contribution in [-0.2, 0) is 0 Å². The number of nitrogens with one attached hydrogen (secondary N) is 1. The lowest BCUT2D eigenvalue weighted by atomic mass is 9.73. The van der Waals surface area contributed by atoms with E-state index in [1.165, 1.54) is 4.57 Å². The molecule has 3 unspecified atom stereocenters. The number of para-hydroxylation sites is 2. The summed E-state index contributed by atoms with van der Waals surface area (Å²) in [7, 11) is 1.58. The number of Topliss-reactive ketones (excluding diaryl/α,β-unsaturated/α-hetero) is 1. The van der Waals surface area contributed by atoms with Crippen molar-refractivity contribution in [1.82, 2.24) is 14.9 Å². The Balaban J connectivity index is 1.57. The molecule has 0 radical (unpaired) electrons. The zero-order valence-corrected chi connectivity index (χ0v) is 21.2. The van der Waals surface area contributed by atoms with Gasteiger partial charge in [0.15, 0.2) is 5.78 Å². The quantitative estimate of drug-likeness (QED) is 0.312. The molecular weight excluding hydrogens is 490 g/mol. The zero-order valence-electron chi connectivity index (χ0n) is 21.2. The molecular formula is C32H25N3O4. The molecule has 1 aliphatic heterocycles. The molecule has 0 aliphatic carbocycles. The molecule has 3 atom stereocenters. The van der Waals surface area contributed by atoms with E-state index in [-0.39, 0.29) is 11.7 Å². The van der Waals surface area contributed by atoms with Gasteiger partial charge in [-0.1, -0.05) is 72.8 Å². The van der Waals surface area contributed by atoms with Gasteiger partial charge >= 0.3 is 0 Å². The average molecular weight is 516 g/mol. The number of aromatic nitrogens is 2. The van der Waals surface area contributed by atoms with Crippen LogP contribution in [0.25, 0.3) is 11.0 Å². The van der Waals surface area contributed by atoms with Crippen LogP contribution in [0.1, 0.15) is 48.7 Å². The molecule has 39 heavy (non-hydrogen) atoms. The third-order valence-corrected chi connectivity index (χ3v) is 7.23. The Morgan fingerprint density at radius 1 is 0.795 bits per heavy atom. The Bertz CT molecular complexity index is 1680. The van der Waals surface area contributed by atoms with Gasteiger partial charge in [-0.25, -0.2) is 4.98 Å². The molecule has 0 saturated heterocycles. The molecule has 5 aromatic rings. The van der Waals surface area contributed by atoms with E-state index in [9.17, 15) is 14.4 Å². The van der Waals surface area contributed by atoms with E-state index in [2.05, 4.69) is 5.32 Å². The Labute approximate surface area is 225 Å². The van der Waals surface area contributed by atoms with Crippen LogP contribution in [0.3, 0.4) is 0 Å². The van der Waals surface area contributed by atoms with E-state index in [1.54, 1.807) is 73.8 Å². The third kappa shape index (κ3) is 4.28. The average Bonchev–Trinajstić information content (AvgIpc) is 3.38. The third-order valence-electron chi connectivity index (χ3n) is 7.23. The first-order valence-electron chi connectivity index (χ1n) is 12.7. The van der Waals surface area contributed by atoms with Crippen LogP contribution in [0.15, 0.2) is 109 Å². The van der Waals surface area contributed by atoms with Gasteiger partial charge < -0.3 is 10.1 Å². The molecule has 4 aromatic carbocycles. The van der Waals surface area contributed by atoms with Crippen LogP contribution in [-0.4, -0.2) is 40.3 Å². The number of carbonyl (C=O) groups is 3. The van der Waals surface area contributed by atoms with E-state index in [0.717, 1.165) is 5.56 Å². The summed E-state index contributed by atoms with van der Waals surface area (Å²) >= 11 is 0. The molecule has 1 N–H and O–H groups in total. The maximum Gasteiger partial charge on any atom is 0.255 e. The number of hydrogen-bond acceptors (Lipinski definition) is 5. The number of ether oxygens (including phenoxy) is 1. The number of ketones is 1. The van der Waals surface area contributed by atoms with Gasteiger partial charge in [0.1, 0.15) is 17.6 Å². The molecule has 1 amide bonds. The number of nitrogens with zero attached hydrogens (tertiary/aromatic N) is 2. The second-order valence-electron chi connectivity index (χ2n) is 9.46. The fourth-order valence-corrected chi connectivity index (χ4v) is 5.37. The van der Waals surface area contributed by atoms with Crippen molar-refractivity contribution in [3.63, 3.8) is 0 Å². The second-order valence-corrected chi connectivity index (χ2v) is 9.46. The molecule has 0 spiro atoms. The highest BCUT2D eigenvalue weighted by Gasteiger charge is 2.49. The van der Waals surface area contributed by atoms with Crippen molar-refractivity contribution in [2.45, 2.75) is 17.9 Å². The molecule has 2 heterocycles. The van der Waals surface area contributed by atoms with Crippen LogP contribution < -0.4 is 10.1 Å². The maximum absolute atomic E-state index is 14.3.